The molecule has 4 heteroatoms. The van der Waals surface area contributed by atoms with Crippen molar-refractivity contribution in [3.8, 4) is 0 Å². The van der Waals surface area contributed by atoms with Crippen molar-refractivity contribution in [1.29, 1.82) is 0 Å². The van der Waals surface area contributed by atoms with Crippen molar-refractivity contribution in [2.24, 2.45) is 0 Å². The van der Waals surface area contributed by atoms with Crippen LogP contribution in [0.4, 0.5) is 4.48 Å². The molecule has 0 aliphatic heterocycles. The van der Waals surface area contributed by atoms with Gasteiger partial charge in [0.2, 0.25) is 0 Å². The molecule has 0 saturated heterocycles. The van der Waals surface area contributed by atoms with Gasteiger partial charge in [-0.05, 0) is 6.08 Å². The first-order valence-electron chi connectivity index (χ1n) is 2.24. The van der Waals surface area contributed by atoms with Crippen LogP contribution in [0.2, 0.25) is 0 Å². The lowest BCUT2D eigenvalue weighted by Crippen LogP contribution is -2.13. The van der Waals surface area contributed by atoms with Crippen LogP contribution in [-0.4, -0.2) is 24.4 Å². The fourth-order valence-electron chi connectivity index (χ4n) is 0.224. The lowest BCUT2D eigenvalue weighted by atomic mass is 10.5. The highest BCUT2D eigenvalue weighted by Gasteiger charge is 1.98. The molecule has 0 radical (unpaired) electrons. The molecule has 0 rings (SSSR count). The number of nitrogens with zero attached hydrogens (tertiary/aromatic N) is 1. The van der Waals surface area contributed by atoms with Gasteiger partial charge in [0.15, 0.2) is 0 Å². The lowest BCUT2D eigenvalue weighted by molar-refractivity contribution is -0.137. The van der Waals surface area contributed by atoms with Gasteiger partial charge < -0.3 is 0 Å². The number of hydrogen-bond acceptors (Lipinski definition) is 2. The van der Waals surface area contributed by atoms with E-state index in [9.17, 15) is 14.1 Å². The molecule has 0 heterocycles. The molecule has 0 aromatic heterocycles. The first kappa shape index (κ1) is 7.81. The van der Waals surface area contributed by atoms with Crippen LogP contribution in [0.1, 0.15) is 0 Å². The van der Waals surface area contributed by atoms with Gasteiger partial charge in [-0.1, -0.05) is 4.48 Å². The van der Waals surface area contributed by atoms with E-state index in [1.54, 1.807) is 0 Å². The minimum absolute atomic E-state index is 0.111. The fraction of sp³-hybridized carbons (Fsp3) is 0.200. The summed E-state index contributed by atoms with van der Waals surface area (Å²) < 4.78 is 11.7. The van der Waals surface area contributed by atoms with E-state index in [1.165, 1.54) is 0 Å². The average Bonchev–Trinajstić information content (AvgIpc) is 1.82. The molecule has 9 heavy (non-hydrogen) atoms. The molecule has 0 aliphatic rings. The molecule has 0 unspecified atom stereocenters. The van der Waals surface area contributed by atoms with Crippen LogP contribution in [0.3, 0.4) is 0 Å². The SMILES string of the molecule is CN(F)C(=O)/C=C\C=O. The Morgan fingerprint density at radius 2 is 2.22 bits per heavy atom. The summed E-state index contributed by atoms with van der Waals surface area (Å²) >= 11 is 0. The molecule has 3 nitrogen and oxygen atoms in total. The van der Waals surface area contributed by atoms with E-state index in [1.807, 2.05) is 0 Å². The Morgan fingerprint density at radius 1 is 1.67 bits per heavy atom. The molecule has 0 atom stereocenters. The largest absolute Gasteiger partial charge is 0.299 e. The van der Waals surface area contributed by atoms with E-state index >= 15 is 0 Å². The highest BCUT2D eigenvalue weighted by Crippen LogP contribution is 1.84. The van der Waals surface area contributed by atoms with Crippen molar-refractivity contribution in [3.63, 3.8) is 0 Å². The van der Waals surface area contributed by atoms with Crippen molar-refractivity contribution in [2.45, 2.75) is 0 Å². The van der Waals surface area contributed by atoms with Gasteiger partial charge in [0.05, 0.1) is 0 Å². The van der Waals surface area contributed by atoms with E-state index < -0.39 is 5.91 Å². The van der Waals surface area contributed by atoms with Crippen molar-refractivity contribution in [2.75, 3.05) is 7.05 Å². The number of halogens is 1. The number of likely N-dealkylation sites (N-methyl/N-ethyl adjacent to an activating group) is 1. The Morgan fingerprint density at radius 3 is 2.56 bits per heavy atom. The van der Waals surface area contributed by atoms with Crippen LogP contribution < -0.4 is 0 Å². The van der Waals surface area contributed by atoms with E-state index in [4.69, 9.17) is 0 Å². The second-order valence-electron chi connectivity index (χ2n) is 1.31. The summed E-state index contributed by atoms with van der Waals surface area (Å²) in [5.41, 5.74) is 0. The zero-order valence-electron chi connectivity index (χ0n) is 4.87. The maximum Gasteiger partial charge on any atom is 0.274 e. The summed E-state index contributed by atoms with van der Waals surface area (Å²) in [4.78, 5) is 19.8. The summed E-state index contributed by atoms with van der Waals surface area (Å²) in [6.07, 6.45) is 2.17. The minimum atomic E-state index is -0.845. The zero-order chi connectivity index (χ0) is 7.28. The number of amides is 1. The van der Waals surface area contributed by atoms with E-state index in [0.717, 1.165) is 19.2 Å². The van der Waals surface area contributed by atoms with Crippen LogP contribution in [0.25, 0.3) is 0 Å². The minimum Gasteiger partial charge on any atom is -0.299 e. The monoisotopic (exact) mass is 131 g/mol. The molecule has 1 amide bonds. The second kappa shape index (κ2) is 3.77. The van der Waals surface area contributed by atoms with Crippen molar-refractivity contribution in [1.82, 2.24) is 5.12 Å². The van der Waals surface area contributed by atoms with Gasteiger partial charge in [0, 0.05) is 13.1 Å². The summed E-state index contributed by atoms with van der Waals surface area (Å²) in [5, 5.41) is -0.111. The fourth-order valence-corrected chi connectivity index (χ4v) is 0.224. The molecule has 0 aliphatic carbocycles. The third kappa shape index (κ3) is 3.40. The lowest BCUT2D eigenvalue weighted by Gasteiger charge is -1.96. The first-order valence-corrected chi connectivity index (χ1v) is 2.24. The average molecular weight is 131 g/mol. The number of allylic oxidation sites excluding steroid dienone is 1. The third-order valence-corrected chi connectivity index (χ3v) is 0.621. The molecule has 0 spiro atoms. The molecule has 0 N–H and O–H groups in total. The summed E-state index contributed by atoms with van der Waals surface area (Å²) in [6, 6.07) is 0. The normalized spacial score (nSPS) is 9.56. The molecular formula is C5H6FNO2. The van der Waals surface area contributed by atoms with Gasteiger partial charge in [0.25, 0.3) is 5.91 Å². The molecule has 50 valence electrons. The molecule has 0 fully saturated rings. The second-order valence-corrected chi connectivity index (χ2v) is 1.31. The molecule has 0 bridgehead atoms. The molecule has 0 aromatic carbocycles. The summed E-state index contributed by atoms with van der Waals surface area (Å²) in [6.45, 7) is 0. The van der Waals surface area contributed by atoms with Gasteiger partial charge in [-0.15, -0.1) is 0 Å². The number of rotatable bonds is 2. The number of carbonyl (C=O) groups is 2. The molecule has 0 saturated carbocycles. The third-order valence-electron chi connectivity index (χ3n) is 0.621. The van der Waals surface area contributed by atoms with Crippen molar-refractivity contribution in [3.05, 3.63) is 12.2 Å². The van der Waals surface area contributed by atoms with Gasteiger partial charge in [0.1, 0.15) is 6.29 Å². The van der Waals surface area contributed by atoms with Crippen LogP contribution in [0.15, 0.2) is 12.2 Å². The Balaban J connectivity index is 3.76. The maximum atomic E-state index is 11.7. The highest BCUT2D eigenvalue weighted by molar-refractivity contribution is 5.89. The van der Waals surface area contributed by atoms with E-state index in [-0.39, 0.29) is 5.12 Å². The zero-order valence-corrected chi connectivity index (χ0v) is 4.87. The quantitative estimate of drug-likeness (QED) is 0.302. The number of aldehydes is 1. The van der Waals surface area contributed by atoms with Crippen molar-refractivity contribution >= 4 is 12.2 Å². The highest BCUT2D eigenvalue weighted by atomic mass is 19.2. The molecular weight excluding hydrogens is 125 g/mol. The van der Waals surface area contributed by atoms with Crippen LogP contribution in [0.5, 0.6) is 0 Å². The smallest absolute Gasteiger partial charge is 0.274 e. The van der Waals surface area contributed by atoms with E-state index in [0.29, 0.717) is 6.29 Å². The Bertz CT molecular complexity index is 142. The van der Waals surface area contributed by atoms with Gasteiger partial charge >= 0.3 is 0 Å². The molecule has 0 aromatic rings. The Labute approximate surface area is 51.7 Å². The van der Waals surface area contributed by atoms with Crippen LogP contribution in [-0.2, 0) is 9.59 Å². The Hall–Kier alpha value is -1.19. The Kier molecular flexibility index (Phi) is 3.27. The topological polar surface area (TPSA) is 37.4 Å². The van der Waals surface area contributed by atoms with Crippen molar-refractivity contribution < 1.29 is 14.1 Å². The van der Waals surface area contributed by atoms with Gasteiger partial charge in [-0.2, -0.15) is 5.12 Å². The maximum absolute atomic E-state index is 11.7. The summed E-state index contributed by atoms with van der Waals surface area (Å²) in [7, 11) is 0.956. The van der Waals surface area contributed by atoms with Gasteiger partial charge in [-0.3, -0.25) is 9.59 Å². The first-order chi connectivity index (χ1) is 4.18. The van der Waals surface area contributed by atoms with Gasteiger partial charge in [-0.25, -0.2) is 0 Å². The summed E-state index contributed by atoms with van der Waals surface area (Å²) in [5.74, 6) is -0.845. The predicted octanol–water partition coefficient (Wildman–Crippen LogP) is 0.0844. The number of hydrogen-bond donors (Lipinski definition) is 0. The van der Waals surface area contributed by atoms with Crippen LogP contribution in [0, 0.1) is 0 Å². The van der Waals surface area contributed by atoms with Crippen LogP contribution >= 0.6 is 0 Å². The number of carbonyl (C=O) groups excluding carboxylic acids is 2. The standard InChI is InChI=1S/C5H6FNO2/c1-7(6)5(9)3-2-4-8/h2-4H,1H3/b3-2-. The predicted molar refractivity (Wildman–Crippen MR) is 29.1 cm³/mol. The van der Waals surface area contributed by atoms with E-state index in [2.05, 4.69) is 0 Å².